The predicted molar refractivity (Wildman–Crippen MR) is 146 cm³/mol. The van der Waals surface area contributed by atoms with Crippen LogP contribution in [0.2, 0.25) is 0 Å². The first-order valence-corrected chi connectivity index (χ1v) is 14.1. The fourth-order valence-electron chi connectivity index (χ4n) is 4.89. The molecule has 2 aromatic carbocycles. The fourth-order valence-corrected chi connectivity index (χ4v) is 5.70. The van der Waals surface area contributed by atoms with Crippen molar-refractivity contribution in [2.24, 2.45) is 0 Å². The van der Waals surface area contributed by atoms with E-state index < -0.39 is 0 Å². The molecule has 0 spiro atoms. The lowest BCUT2D eigenvalue weighted by Crippen LogP contribution is -2.46. The lowest BCUT2D eigenvalue weighted by molar-refractivity contribution is 0.0792. The highest BCUT2D eigenvalue weighted by Gasteiger charge is 2.21. The smallest absolute Gasteiger partial charge is 0.253 e. The first-order chi connectivity index (χ1) is 17.7. The molecule has 1 aromatic heterocycles. The average molecular weight is 502 g/mol. The van der Waals surface area contributed by atoms with Crippen LogP contribution in [0.5, 0.6) is 0 Å². The molecule has 2 saturated heterocycles. The van der Waals surface area contributed by atoms with Crippen LogP contribution in [-0.2, 0) is 18.7 Å². The molecule has 3 heterocycles. The van der Waals surface area contributed by atoms with Crippen LogP contribution >= 0.6 is 11.8 Å². The Morgan fingerprint density at radius 1 is 0.861 bits per heavy atom. The topological polar surface area (TPSA) is 52.6 Å². The number of anilines is 1. The van der Waals surface area contributed by atoms with Crippen LogP contribution in [0.1, 0.15) is 46.9 Å². The second-order valence-corrected chi connectivity index (χ2v) is 10.5. The maximum Gasteiger partial charge on any atom is 0.253 e. The van der Waals surface area contributed by atoms with Gasteiger partial charge in [-0.1, -0.05) is 61.2 Å². The number of nitrogens with zero attached hydrogens (tertiary/aromatic N) is 5. The van der Waals surface area contributed by atoms with Gasteiger partial charge in [-0.25, -0.2) is 9.97 Å². The minimum Gasteiger partial charge on any atom is -0.354 e. The third kappa shape index (κ3) is 6.26. The molecule has 5 rings (SSSR count). The number of thioether (sulfide) groups is 1. The largest absolute Gasteiger partial charge is 0.354 e. The number of aromatic nitrogens is 2. The lowest BCUT2D eigenvalue weighted by Gasteiger charge is -2.35. The van der Waals surface area contributed by atoms with Crippen molar-refractivity contribution in [2.75, 3.05) is 44.2 Å². The Labute approximate surface area is 218 Å². The maximum atomic E-state index is 12.8. The Balaban J connectivity index is 1.21. The van der Waals surface area contributed by atoms with Gasteiger partial charge in [0.05, 0.1) is 0 Å². The average Bonchev–Trinajstić information content (AvgIpc) is 3.48. The molecule has 0 N–H and O–H groups in total. The zero-order chi connectivity index (χ0) is 24.7. The molecular formula is C29H35N5OS. The summed E-state index contributed by atoms with van der Waals surface area (Å²) in [5, 5.41) is 0.812. The standard InChI is InChI=1S/C29H35N5OS/c1-2-26-20-27(33-17-15-32(16-18-33)21-23-9-4-3-5-10-23)31-29(30-26)36-22-24-11-8-12-25(19-24)28(35)34-13-6-7-14-34/h3-5,8-12,19-20H,2,6-7,13-18,21-22H2,1H3. The number of hydrogen-bond donors (Lipinski definition) is 0. The monoisotopic (exact) mass is 501 g/mol. The number of likely N-dealkylation sites (tertiary alicyclic amines) is 1. The number of benzene rings is 2. The summed E-state index contributed by atoms with van der Waals surface area (Å²) in [5.74, 6) is 1.93. The summed E-state index contributed by atoms with van der Waals surface area (Å²) in [7, 11) is 0. The van der Waals surface area contributed by atoms with Gasteiger partial charge in [0.2, 0.25) is 0 Å². The van der Waals surface area contributed by atoms with E-state index in [1.54, 1.807) is 11.8 Å². The van der Waals surface area contributed by atoms with Gasteiger partial charge >= 0.3 is 0 Å². The van der Waals surface area contributed by atoms with E-state index in [2.05, 4.69) is 59.2 Å². The molecule has 0 saturated carbocycles. The molecule has 6 nitrogen and oxygen atoms in total. The van der Waals surface area contributed by atoms with Gasteiger partial charge in [-0.05, 0) is 42.5 Å². The Hall–Kier alpha value is -2.90. The van der Waals surface area contributed by atoms with E-state index in [0.29, 0.717) is 0 Å². The van der Waals surface area contributed by atoms with E-state index in [9.17, 15) is 4.79 Å². The molecule has 2 aliphatic heterocycles. The zero-order valence-corrected chi connectivity index (χ0v) is 21.9. The number of carbonyl (C=O) groups excluding carboxylic acids is 1. The Morgan fingerprint density at radius 3 is 2.36 bits per heavy atom. The van der Waals surface area contributed by atoms with E-state index in [0.717, 1.165) is 98.6 Å². The molecular weight excluding hydrogens is 466 g/mol. The molecule has 2 fully saturated rings. The fraction of sp³-hybridized carbons (Fsp3) is 0.414. The molecule has 1 amide bonds. The van der Waals surface area contributed by atoms with Gasteiger partial charge in [-0.2, -0.15) is 0 Å². The van der Waals surface area contributed by atoms with E-state index in [1.807, 2.05) is 23.1 Å². The number of amides is 1. The third-order valence-electron chi connectivity index (χ3n) is 6.99. The van der Waals surface area contributed by atoms with E-state index in [1.165, 1.54) is 5.56 Å². The van der Waals surface area contributed by atoms with E-state index >= 15 is 0 Å². The van der Waals surface area contributed by atoms with Crippen LogP contribution in [0.15, 0.2) is 65.8 Å². The zero-order valence-electron chi connectivity index (χ0n) is 21.1. The van der Waals surface area contributed by atoms with Crippen LogP contribution in [0, 0.1) is 0 Å². The summed E-state index contributed by atoms with van der Waals surface area (Å²) in [6.45, 7) is 8.89. The van der Waals surface area contributed by atoms with Crippen molar-refractivity contribution in [3.63, 3.8) is 0 Å². The molecule has 7 heteroatoms. The molecule has 0 radical (unpaired) electrons. The van der Waals surface area contributed by atoms with Gasteiger partial charge in [0.15, 0.2) is 5.16 Å². The Morgan fingerprint density at radius 2 is 1.61 bits per heavy atom. The number of carbonyl (C=O) groups is 1. The summed E-state index contributed by atoms with van der Waals surface area (Å²) in [6, 6.07) is 20.9. The molecule has 0 atom stereocenters. The Kier molecular flexibility index (Phi) is 8.18. The molecule has 188 valence electrons. The molecule has 0 bridgehead atoms. The molecule has 0 unspecified atom stereocenters. The van der Waals surface area contributed by atoms with Crippen molar-refractivity contribution in [3.05, 3.63) is 83.0 Å². The molecule has 2 aliphatic rings. The Bertz CT molecular complexity index is 1160. The number of rotatable bonds is 8. The highest BCUT2D eigenvalue weighted by Crippen LogP contribution is 2.25. The van der Waals surface area contributed by atoms with Crippen molar-refractivity contribution >= 4 is 23.5 Å². The minimum atomic E-state index is 0.150. The number of hydrogen-bond acceptors (Lipinski definition) is 6. The first kappa shape index (κ1) is 24.8. The van der Waals surface area contributed by atoms with Crippen molar-refractivity contribution in [1.29, 1.82) is 0 Å². The van der Waals surface area contributed by atoms with Gasteiger partial charge in [-0.15, -0.1) is 0 Å². The second-order valence-electron chi connectivity index (χ2n) is 9.59. The van der Waals surface area contributed by atoms with Crippen LogP contribution < -0.4 is 4.90 Å². The van der Waals surface area contributed by atoms with Crippen LogP contribution in [0.25, 0.3) is 0 Å². The van der Waals surface area contributed by atoms with Crippen LogP contribution in [-0.4, -0.2) is 64.9 Å². The third-order valence-corrected chi connectivity index (χ3v) is 7.91. The quantitative estimate of drug-likeness (QED) is 0.324. The minimum absolute atomic E-state index is 0.150. The SMILES string of the molecule is CCc1cc(N2CCN(Cc3ccccc3)CC2)nc(SCc2cccc(C(=O)N3CCCC3)c2)n1. The normalized spacial score (nSPS) is 16.5. The summed E-state index contributed by atoms with van der Waals surface area (Å²) in [5.41, 5.74) is 4.36. The van der Waals surface area contributed by atoms with Gasteiger partial charge in [0.1, 0.15) is 5.82 Å². The van der Waals surface area contributed by atoms with E-state index in [-0.39, 0.29) is 5.91 Å². The maximum absolute atomic E-state index is 12.8. The molecule has 0 aliphatic carbocycles. The van der Waals surface area contributed by atoms with Crippen molar-refractivity contribution in [2.45, 2.75) is 43.6 Å². The molecule has 36 heavy (non-hydrogen) atoms. The van der Waals surface area contributed by atoms with E-state index in [4.69, 9.17) is 9.97 Å². The second kappa shape index (κ2) is 11.9. The molecule has 3 aromatic rings. The van der Waals surface area contributed by atoms with Crippen LogP contribution in [0.4, 0.5) is 5.82 Å². The van der Waals surface area contributed by atoms with Gasteiger partial charge in [-0.3, -0.25) is 9.69 Å². The summed E-state index contributed by atoms with van der Waals surface area (Å²) >= 11 is 1.65. The lowest BCUT2D eigenvalue weighted by atomic mass is 10.1. The van der Waals surface area contributed by atoms with Crippen molar-refractivity contribution in [1.82, 2.24) is 19.8 Å². The highest BCUT2D eigenvalue weighted by molar-refractivity contribution is 7.98. The van der Waals surface area contributed by atoms with Gasteiger partial charge in [0, 0.05) is 68.9 Å². The predicted octanol–water partition coefficient (Wildman–Crippen LogP) is 4.89. The van der Waals surface area contributed by atoms with Crippen molar-refractivity contribution in [3.8, 4) is 0 Å². The first-order valence-electron chi connectivity index (χ1n) is 13.1. The summed E-state index contributed by atoms with van der Waals surface area (Å²) in [4.78, 5) is 29.4. The van der Waals surface area contributed by atoms with Gasteiger partial charge < -0.3 is 9.80 Å². The summed E-state index contributed by atoms with van der Waals surface area (Å²) in [6.07, 6.45) is 3.10. The van der Waals surface area contributed by atoms with Gasteiger partial charge in [0.25, 0.3) is 5.91 Å². The highest BCUT2D eigenvalue weighted by atomic mass is 32.2. The van der Waals surface area contributed by atoms with Crippen LogP contribution in [0.3, 0.4) is 0 Å². The number of piperazine rings is 1. The summed E-state index contributed by atoms with van der Waals surface area (Å²) < 4.78 is 0. The number of aryl methyl sites for hydroxylation is 1. The van der Waals surface area contributed by atoms with Crippen molar-refractivity contribution < 1.29 is 4.79 Å².